The van der Waals surface area contributed by atoms with E-state index in [-0.39, 0.29) is 12.6 Å². The Balaban J connectivity index is 1.79. The van der Waals surface area contributed by atoms with Gasteiger partial charge in [-0.15, -0.1) is 0 Å². The number of rotatable bonds is 7. The SMILES string of the molecule is CC[C@H]1COCCN1c1cc(C(C)(C)S(C)(=O)=O)cc(-c2ccc3[nH]c(COC(=O)NC)cc3n2)n1. The number of hydrogen-bond acceptors (Lipinski definition) is 8. The minimum Gasteiger partial charge on any atom is -0.443 e. The van der Waals surface area contributed by atoms with E-state index in [1.54, 1.807) is 13.8 Å². The molecule has 1 amide bonds. The second-order valence-corrected chi connectivity index (χ2v) is 12.0. The number of amides is 1. The fraction of sp³-hybridized carbons (Fsp3) is 0.480. The van der Waals surface area contributed by atoms with Gasteiger partial charge in [0.15, 0.2) is 9.84 Å². The van der Waals surface area contributed by atoms with Crippen molar-refractivity contribution in [3.8, 4) is 11.4 Å². The third-order valence-electron chi connectivity index (χ3n) is 6.78. The number of nitrogens with one attached hydrogen (secondary N) is 2. The highest BCUT2D eigenvalue weighted by Crippen LogP contribution is 2.35. The van der Waals surface area contributed by atoms with Gasteiger partial charge in [-0.25, -0.2) is 23.2 Å². The summed E-state index contributed by atoms with van der Waals surface area (Å²) in [5, 5.41) is 2.41. The summed E-state index contributed by atoms with van der Waals surface area (Å²) in [6, 6.07) is 9.40. The molecule has 0 radical (unpaired) electrons. The maximum absolute atomic E-state index is 12.7. The van der Waals surface area contributed by atoms with Crippen LogP contribution >= 0.6 is 0 Å². The van der Waals surface area contributed by atoms with E-state index in [1.807, 2.05) is 30.3 Å². The summed E-state index contributed by atoms with van der Waals surface area (Å²) in [7, 11) is -1.91. The Morgan fingerprint density at radius 2 is 2.03 bits per heavy atom. The number of morpholine rings is 1. The molecule has 3 aromatic rings. The summed E-state index contributed by atoms with van der Waals surface area (Å²) in [6.45, 7) is 7.47. The summed E-state index contributed by atoms with van der Waals surface area (Å²) in [5.41, 5.74) is 4.05. The lowest BCUT2D eigenvalue weighted by atomic mass is 10.0. The molecule has 0 spiro atoms. The number of alkyl carbamates (subject to hydrolysis) is 1. The molecule has 4 heterocycles. The molecule has 4 rings (SSSR count). The molecule has 194 valence electrons. The van der Waals surface area contributed by atoms with Crippen LogP contribution in [0.1, 0.15) is 38.4 Å². The minimum atomic E-state index is -3.41. The second kappa shape index (κ2) is 10.1. The van der Waals surface area contributed by atoms with Crippen molar-refractivity contribution in [2.45, 2.75) is 44.6 Å². The van der Waals surface area contributed by atoms with Crippen LogP contribution in [0.2, 0.25) is 0 Å². The van der Waals surface area contributed by atoms with E-state index in [4.69, 9.17) is 19.4 Å². The highest BCUT2D eigenvalue weighted by molar-refractivity contribution is 7.91. The number of pyridine rings is 2. The average Bonchev–Trinajstić information content (AvgIpc) is 3.28. The molecule has 0 aliphatic carbocycles. The number of fused-ring (bicyclic) bond motifs is 1. The van der Waals surface area contributed by atoms with Gasteiger partial charge in [-0.1, -0.05) is 6.92 Å². The first kappa shape index (κ1) is 25.9. The number of aromatic amines is 1. The fourth-order valence-electron chi connectivity index (χ4n) is 4.15. The zero-order chi connectivity index (χ0) is 26.1. The molecule has 1 saturated heterocycles. The standard InChI is InChI=1S/C25H33N5O5S/c1-6-18-15-34-10-9-30(18)23-12-16(25(2,3)36(5,32)33)11-21(29-23)20-8-7-19-22(28-20)13-17(27-19)14-35-24(31)26-4/h7-8,11-13,18,27H,6,9-10,14-15H2,1-5H3,(H,26,31)/t18-/m0/s1. The molecule has 0 saturated carbocycles. The van der Waals surface area contributed by atoms with Crippen molar-refractivity contribution in [1.29, 1.82) is 0 Å². The maximum atomic E-state index is 12.7. The lowest BCUT2D eigenvalue weighted by Crippen LogP contribution is -2.45. The second-order valence-electron chi connectivity index (χ2n) is 9.46. The molecule has 0 aromatic carbocycles. The van der Waals surface area contributed by atoms with Crippen molar-refractivity contribution < 1.29 is 22.7 Å². The molecule has 1 atom stereocenters. The zero-order valence-corrected chi connectivity index (χ0v) is 22.1. The van der Waals surface area contributed by atoms with Crippen LogP contribution in [-0.4, -0.2) is 68.6 Å². The summed E-state index contributed by atoms with van der Waals surface area (Å²) in [5.74, 6) is 0.713. The molecule has 1 aliphatic rings. The molecule has 1 aliphatic heterocycles. The average molecular weight is 516 g/mol. The van der Waals surface area contributed by atoms with Crippen molar-refractivity contribution in [2.24, 2.45) is 0 Å². The van der Waals surface area contributed by atoms with Gasteiger partial charge >= 0.3 is 6.09 Å². The lowest BCUT2D eigenvalue weighted by Gasteiger charge is -2.37. The Bertz CT molecular complexity index is 1370. The number of hydrogen-bond donors (Lipinski definition) is 2. The van der Waals surface area contributed by atoms with Gasteiger partial charge in [-0.05, 0) is 56.2 Å². The molecule has 10 nitrogen and oxygen atoms in total. The quantitative estimate of drug-likeness (QED) is 0.490. The molecule has 3 aromatic heterocycles. The molecule has 0 bridgehead atoms. The number of carbonyl (C=O) groups excluding carboxylic acids is 1. The molecule has 36 heavy (non-hydrogen) atoms. The number of nitrogens with zero attached hydrogens (tertiary/aromatic N) is 3. The van der Waals surface area contributed by atoms with Crippen LogP contribution in [0.25, 0.3) is 22.4 Å². The van der Waals surface area contributed by atoms with E-state index in [9.17, 15) is 13.2 Å². The Morgan fingerprint density at radius 3 is 2.72 bits per heavy atom. The largest absolute Gasteiger partial charge is 0.443 e. The first-order valence-corrected chi connectivity index (χ1v) is 13.8. The topological polar surface area (TPSA) is 127 Å². The van der Waals surface area contributed by atoms with E-state index in [2.05, 4.69) is 22.1 Å². The molecule has 0 unspecified atom stereocenters. The van der Waals surface area contributed by atoms with Gasteiger partial charge in [0.1, 0.15) is 12.4 Å². The number of sulfone groups is 1. The Morgan fingerprint density at radius 1 is 1.25 bits per heavy atom. The number of H-pyrrole nitrogens is 1. The number of anilines is 1. The third-order valence-corrected chi connectivity index (χ3v) is 8.87. The molecular formula is C25H33N5O5S. The summed E-state index contributed by atoms with van der Waals surface area (Å²) < 4.78 is 35.1. The van der Waals surface area contributed by atoms with Crippen LogP contribution in [-0.2, 0) is 30.7 Å². The fourth-order valence-corrected chi connectivity index (χ4v) is 4.70. The Labute approximate surface area is 211 Å². The van der Waals surface area contributed by atoms with Gasteiger partial charge in [-0.3, -0.25) is 0 Å². The normalized spacial score (nSPS) is 16.8. The molecule has 1 fully saturated rings. The monoisotopic (exact) mass is 515 g/mol. The van der Waals surface area contributed by atoms with Crippen molar-refractivity contribution in [3.05, 3.63) is 41.6 Å². The molecule has 2 N–H and O–H groups in total. The van der Waals surface area contributed by atoms with Crippen molar-refractivity contribution in [2.75, 3.05) is 38.0 Å². The summed E-state index contributed by atoms with van der Waals surface area (Å²) in [6.07, 6.45) is 1.62. The Hall–Kier alpha value is -3.18. The van der Waals surface area contributed by atoms with E-state index in [0.29, 0.717) is 53.7 Å². The van der Waals surface area contributed by atoms with Crippen LogP contribution in [0.3, 0.4) is 0 Å². The number of ether oxygens (including phenoxy) is 2. The van der Waals surface area contributed by atoms with E-state index < -0.39 is 20.7 Å². The predicted octanol–water partition coefficient (Wildman–Crippen LogP) is 3.38. The molecular weight excluding hydrogens is 482 g/mol. The van der Waals surface area contributed by atoms with Crippen molar-refractivity contribution in [1.82, 2.24) is 20.3 Å². The smallest absolute Gasteiger partial charge is 0.407 e. The van der Waals surface area contributed by atoms with Gasteiger partial charge in [0.25, 0.3) is 0 Å². The maximum Gasteiger partial charge on any atom is 0.407 e. The van der Waals surface area contributed by atoms with Gasteiger partial charge in [-0.2, -0.15) is 0 Å². The van der Waals surface area contributed by atoms with Crippen LogP contribution in [0, 0.1) is 0 Å². The van der Waals surface area contributed by atoms with E-state index in [0.717, 1.165) is 11.9 Å². The van der Waals surface area contributed by atoms with E-state index >= 15 is 0 Å². The number of aromatic nitrogens is 3. The van der Waals surface area contributed by atoms with E-state index in [1.165, 1.54) is 13.3 Å². The highest BCUT2D eigenvalue weighted by Gasteiger charge is 2.34. The minimum absolute atomic E-state index is 0.0846. The zero-order valence-electron chi connectivity index (χ0n) is 21.3. The summed E-state index contributed by atoms with van der Waals surface area (Å²) >= 11 is 0. The Kier molecular flexibility index (Phi) is 7.24. The van der Waals surface area contributed by atoms with Gasteiger partial charge < -0.3 is 24.7 Å². The molecule has 11 heteroatoms. The van der Waals surface area contributed by atoms with Crippen LogP contribution in [0.4, 0.5) is 10.6 Å². The highest BCUT2D eigenvalue weighted by atomic mass is 32.2. The van der Waals surface area contributed by atoms with Crippen LogP contribution in [0.5, 0.6) is 0 Å². The predicted molar refractivity (Wildman–Crippen MR) is 139 cm³/mol. The third kappa shape index (κ3) is 5.17. The number of carbonyl (C=O) groups is 1. The first-order chi connectivity index (χ1) is 17.0. The van der Waals surface area contributed by atoms with Gasteiger partial charge in [0.2, 0.25) is 0 Å². The van der Waals surface area contributed by atoms with Crippen LogP contribution < -0.4 is 10.2 Å². The van der Waals surface area contributed by atoms with Gasteiger partial charge in [0, 0.05) is 19.8 Å². The lowest BCUT2D eigenvalue weighted by molar-refractivity contribution is 0.0925. The first-order valence-electron chi connectivity index (χ1n) is 11.9. The van der Waals surface area contributed by atoms with Gasteiger partial charge in [0.05, 0.1) is 52.1 Å². The summed E-state index contributed by atoms with van der Waals surface area (Å²) in [4.78, 5) is 26.5. The van der Waals surface area contributed by atoms with Crippen LogP contribution in [0.15, 0.2) is 30.3 Å². The van der Waals surface area contributed by atoms with Crippen molar-refractivity contribution in [3.63, 3.8) is 0 Å². The van der Waals surface area contributed by atoms with Crippen molar-refractivity contribution >= 4 is 32.8 Å².